The van der Waals surface area contributed by atoms with Gasteiger partial charge in [-0.25, -0.2) is 0 Å². The normalized spacial score (nSPS) is 14.6. The van der Waals surface area contributed by atoms with Gasteiger partial charge in [0, 0.05) is 12.5 Å². The Labute approximate surface area is 142 Å². The highest BCUT2D eigenvalue weighted by Crippen LogP contribution is 2.34. The summed E-state index contributed by atoms with van der Waals surface area (Å²) in [6.07, 6.45) is 3.36. The Hall–Kier alpha value is -2.24. The fourth-order valence-corrected chi connectivity index (χ4v) is 2.47. The van der Waals surface area contributed by atoms with Crippen LogP contribution in [0.2, 0.25) is 0 Å². The fourth-order valence-electron chi connectivity index (χ4n) is 2.47. The van der Waals surface area contributed by atoms with Crippen molar-refractivity contribution < 1.29 is 23.8 Å². The largest absolute Gasteiger partial charge is 0.497 e. The molecule has 0 aromatic heterocycles. The molecule has 1 aliphatic rings. The number of benzene rings is 1. The number of nitrogens with one attached hydrogen (secondary N) is 1. The number of rotatable bonds is 10. The molecule has 0 unspecified atom stereocenters. The molecule has 6 heteroatoms. The van der Waals surface area contributed by atoms with E-state index in [0.29, 0.717) is 25.4 Å². The first kappa shape index (κ1) is 18.1. The minimum Gasteiger partial charge on any atom is -0.497 e. The summed E-state index contributed by atoms with van der Waals surface area (Å²) < 4.78 is 15.4. The first-order chi connectivity index (χ1) is 11.6. The lowest BCUT2D eigenvalue weighted by Gasteiger charge is -2.17. The quantitative estimate of drug-likeness (QED) is 0.525. The molecule has 132 valence electrons. The zero-order chi connectivity index (χ0) is 17.4. The molecule has 0 aliphatic heterocycles. The molecule has 1 aliphatic carbocycles. The van der Waals surface area contributed by atoms with E-state index in [2.05, 4.69) is 10.1 Å². The molecule has 1 aromatic rings. The first-order valence-corrected chi connectivity index (χ1v) is 8.25. The van der Waals surface area contributed by atoms with Crippen LogP contribution in [0.3, 0.4) is 0 Å². The zero-order valence-corrected chi connectivity index (χ0v) is 14.2. The Kier molecular flexibility index (Phi) is 6.90. The van der Waals surface area contributed by atoms with Crippen molar-refractivity contribution in [1.82, 2.24) is 5.32 Å². The summed E-state index contributed by atoms with van der Waals surface area (Å²) in [4.78, 5) is 23.4. The van der Waals surface area contributed by atoms with Crippen molar-refractivity contribution >= 4 is 11.9 Å². The molecule has 6 nitrogen and oxygen atoms in total. The molecule has 1 amide bonds. The SMILES string of the molecule is COC(=O)C[C@H](NC(=O)CCCOc1ccc(OC)cc1)C1CC1. The highest BCUT2D eigenvalue weighted by molar-refractivity contribution is 5.77. The van der Waals surface area contributed by atoms with Gasteiger partial charge in [0.15, 0.2) is 0 Å². The number of methoxy groups -OCH3 is 2. The van der Waals surface area contributed by atoms with Crippen LogP contribution in [0.15, 0.2) is 24.3 Å². The first-order valence-electron chi connectivity index (χ1n) is 8.25. The predicted molar refractivity (Wildman–Crippen MR) is 89.0 cm³/mol. The summed E-state index contributed by atoms with van der Waals surface area (Å²) in [6.45, 7) is 0.463. The molecular formula is C18H25NO5. The molecule has 0 saturated heterocycles. The topological polar surface area (TPSA) is 73.9 Å². The molecule has 1 aromatic carbocycles. The molecule has 1 N–H and O–H groups in total. The fraction of sp³-hybridized carbons (Fsp3) is 0.556. The van der Waals surface area contributed by atoms with E-state index < -0.39 is 0 Å². The third-order valence-electron chi connectivity index (χ3n) is 4.03. The molecule has 1 atom stereocenters. The van der Waals surface area contributed by atoms with Crippen molar-refractivity contribution in [1.29, 1.82) is 0 Å². The van der Waals surface area contributed by atoms with Gasteiger partial charge in [0.05, 0.1) is 27.2 Å². The highest BCUT2D eigenvalue weighted by Gasteiger charge is 2.33. The summed E-state index contributed by atoms with van der Waals surface area (Å²) in [7, 11) is 2.98. The summed E-state index contributed by atoms with van der Waals surface area (Å²) in [5, 5.41) is 2.95. The van der Waals surface area contributed by atoms with Crippen molar-refractivity contribution in [3.63, 3.8) is 0 Å². The average molecular weight is 335 g/mol. The van der Waals surface area contributed by atoms with Gasteiger partial charge in [-0.2, -0.15) is 0 Å². The molecule has 1 fully saturated rings. The Morgan fingerprint density at radius 3 is 2.42 bits per heavy atom. The third kappa shape index (κ3) is 6.10. The summed E-state index contributed by atoms with van der Waals surface area (Å²) in [5.41, 5.74) is 0. The standard InChI is InChI=1S/C18H25NO5/c1-22-14-7-9-15(10-8-14)24-11-3-4-17(20)19-16(13-5-6-13)12-18(21)23-2/h7-10,13,16H,3-6,11-12H2,1-2H3,(H,19,20)/t16-/m0/s1. The molecule has 2 rings (SSSR count). The maximum absolute atomic E-state index is 12.0. The Bertz CT molecular complexity index is 539. The number of hydrogen-bond acceptors (Lipinski definition) is 5. The number of amides is 1. The average Bonchev–Trinajstić information content (AvgIpc) is 3.43. The monoisotopic (exact) mass is 335 g/mol. The van der Waals surface area contributed by atoms with Crippen LogP contribution in [0.4, 0.5) is 0 Å². The Morgan fingerprint density at radius 1 is 1.17 bits per heavy atom. The predicted octanol–water partition coefficient (Wildman–Crippen LogP) is 2.31. The van der Waals surface area contributed by atoms with Crippen LogP contribution in [0.1, 0.15) is 32.1 Å². The van der Waals surface area contributed by atoms with Gasteiger partial charge in [-0.1, -0.05) is 0 Å². The number of esters is 1. The maximum atomic E-state index is 12.0. The van der Waals surface area contributed by atoms with Crippen molar-refractivity contribution in [2.45, 2.75) is 38.1 Å². The van der Waals surface area contributed by atoms with E-state index in [1.807, 2.05) is 24.3 Å². The second-order valence-electron chi connectivity index (χ2n) is 5.92. The third-order valence-corrected chi connectivity index (χ3v) is 4.03. The van der Waals surface area contributed by atoms with Crippen LogP contribution in [0.5, 0.6) is 11.5 Å². The van der Waals surface area contributed by atoms with Crippen molar-refractivity contribution in [2.75, 3.05) is 20.8 Å². The van der Waals surface area contributed by atoms with Gasteiger partial charge in [0.2, 0.25) is 5.91 Å². The van der Waals surface area contributed by atoms with Gasteiger partial charge in [-0.3, -0.25) is 9.59 Å². The Balaban J connectivity index is 1.65. The number of hydrogen-bond donors (Lipinski definition) is 1. The second-order valence-corrected chi connectivity index (χ2v) is 5.92. The van der Waals surface area contributed by atoms with E-state index in [1.54, 1.807) is 7.11 Å². The lowest BCUT2D eigenvalue weighted by Crippen LogP contribution is -2.38. The van der Waals surface area contributed by atoms with Gasteiger partial charge in [-0.05, 0) is 49.4 Å². The Morgan fingerprint density at radius 2 is 1.83 bits per heavy atom. The molecule has 1 saturated carbocycles. The van der Waals surface area contributed by atoms with Crippen molar-refractivity contribution in [2.24, 2.45) is 5.92 Å². The number of carbonyl (C=O) groups excluding carboxylic acids is 2. The lowest BCUT2D eigenvalue weighted by molar-refractivity contribution is -0.141. The van der Waals surface area contributed by atoms with E-state index in [0.717, 1.165) is 24.3 Å². The molecule has 24 heavy (non-hydrogen) atoms. The summed E-state index contributed by atoms with van der Waals surface area (Å²) >= 11 is 0. The minimum absolute atomic E-state index is 0.0471. The number of ether oxygens (including phenoxy) is 3. The van der Waals surface area contributed by atoms with Gasteiger partial charge >= 0.3 is 5.97 Å². The molecular weight excluding hydrogens is 310 g/mol. The maximum Gasteiger partial charge on any atom is 0.307 e. The van der Waals surface area contributed by atoms with E-state index >= 15 is 0 Å². The van der Waals surface area contributed by atoms with Crippen LogP contribution < -0.4 is 14.8 Å². The van der Waals surface area contributed by atoms with E-state index in [1.165, 1.54) is 7.11 Å². The molecule has 0 spiro atoms. The van der Waals surface area contributed by atoms with Gasteiger partial charge < -0.3 is 19.5 Å². The van der Waals surface area contributed by atoms with Crippen molar-refractivity contribution in [3.8, 4) is 11.5 Å². The second kappa shape index (κ2) is 9.15. The van der Waals surface area contributed by atoms with Gasteiger partial charge in [0.1, 0.15) is 11.5 Å². The van der Waals surface area contributed by atoms with E-state index in [-0.39, 0.29) is 24.3 Å². The molecule has 0 bridgehead atoms. The van der Waals surface area contributed by atoms with E-state index in [4.69, 9.17) is 9.47 Å². The highest BCUT2D eigenvalue weighted by atomic mass is 16.5. The van der Waals surface area contributed by atoms with Crippen LogP contribution in [-0.2, 0) is 14.3 Å². The molecule has 0 heterocycles. The van der Waals surface area contributed by atoms with Crippen molar-refractivity contribution in [3.05, 3.63) is 24.3 Å². The van der Waals surface area contributed by atoms with Crippen LogP contribution >= 0.6 is 0 Å². The van der Waals surface area contributed by atoms with Crippen LogP contribution in [0.25, 0.3) is 0 Å². The number of carbonyl (C=O) groups is 2. The van der Waals surface area contributed by atoms with Crippen LogP contribution in [-0.4, -0.2) is 38.7 Å². The zero-order valence-electron chi connectivity index (χ0n) is 14.2. The van der Waals surface area contributed by atoms with E-state index in [9.17, 15) is 9.59 Å². The lowest BCUT2D eigenvalue weighted by atomic mass is 10.1. The molecule has 0 radical (unpaired) electrons. The van der Waals surface area contributed by atoms with Crippen LogP contribution in [0, 0.1) is 5.92 Å². The minimum atomic E-state index is -0.282. The summed E-state index contributed by atoms with van der Waals surface area (Å²) in [6, 6.07) is 7.22. The summed E-state index contributed by atoms with van der Waals surface area (Å²) in [5.74, 6) is 1.60. The van der Waals surface area contributed by atoms with Gasteiger partial charge in [0.25, 0.3) is 0 Å². The smallest absolute Gasteiger partial charge is 0.307 e. The van der Waals surface area contributed by atoms with Gasteiger partial charge in [-0.15, -0.1) is 0 Å².